The normalized spacial score (nSPS) is 23.4. The standard InChI is InChI=1S/C12H14N4O2/c17-7-9-5-14-6-10(9)12-15-11(16-18-12)8-1-3-13-4-2-8/h1-4,9-10,14,17H,5-7H2/t9-,10+/m1/s1. The smallest absolute Gasteiger partial charge is 0.231 e. The first kappa shape index (κ1) is 11.3. The van der Waals surface area contributed by atoms with Gasteiger partial charge in [0.1, 0.15) is 0 Å². The van der Waals surface area contributed by atoms with Gasteiger partial charge in [-0.3, -0.25) is 4.98 Å². The molecular weight excluding hydrogens is 232 g/mol. The van der Waals surface area contributed by atoms with Gasteiger partial charge in [0.25, 0.3) is 0 Å². The average Bonchev–Trinajstić information content (AvgIpc) is 3.08. The van der Waals surface area contributed by atoms with E-state index in [0.717, 1.165) is 18.7 Å². The van der Waals surface area contributed by atoms with E-state index in [0.29, 0.717) is 11.7 Å². The van der Waals surface area contributed by atoms with Gasteiger partial charge < -0.3 is 14.9 Å². The molecule has 3 rings (SSSR count). The molecule has 0 saturated carbocycles. The molecule has 1 aliphatic heterocycles. The second kappa shape index (κ2) is 4.83. The lowest BCUT2D eigenvalue weighted by Gasteiger charge is -2.10. The van der Waals surface area contributed by atoms with Crippen molar-refractivity contribution in [1.29, 1.82) is 0 Å². The maximum absolute atomic E-state index is 9.28. The number of aliphatic hydroxyl groups excluding tert-OH is 1. The molecule has 1 saturated heterocycles. The van der Waals surface area contributed by atoms with Gasteiger partial charge in [0.2, 0.25) is 11.7 Å². The zero-order valence-corrected chi connectivity index (χ0v) is 9.78. The summed E-state index contributed by atoms with van der Waals surface area (Å²) in [6.07, 6.45) is 3.39. The maximum atomic E-state index is 9.28. The van der Waals surface area contributed by atoms with Gasteiger partial charge in [-0.2, -0.15) is 4.98 Å². The van der Waals surface area contributed by atoms with E-state index in [-0.39, 0.29) is 18.4 Å². The highest BCUT2D eigenvalue weighted by Crippen LogP contribution is 2.27. The van der Waals surface area contributed by atoms with E-state index in [1.165, 1.54) is 0 Å². The minimum absolute atomic E-state index is 0.0955. The molecule has 18 heavy (non-hydrogen) atoms. The Morgan fingerprint density at radius 3 is 2.94 bits per heavy atom. The SMILES string of the molecule is OC[C@H]1CNC[C@@H]1c1nc(-c2ccncc2)no1. The van der Waals surface area contributed by atoms with Crippen molar-refractivity contribution in [2.45, 2.75) is 5.92 Å². The summed E-state index contributed by atoms with van der Waals surface area (Å²) in [4.78, 5) is 8.36. The Hall–Kier alpha value is -1.79. The van der Waals surface area contributed by atoms with Crippen LogP contribution in [0, 0.1) is 5.92 Å². The van der Waals surface area contributed by atoms with Gasteiger partial charge in [-0.25, -0.2) is 0 Å². The summed E-state index contributed by atoms with van der Waals surface area (Å²) in [6, 6.07) is 3.68. The predicted octanol–water partition coefficient (Wildman–Crippen LogP) is 0.427. The van der Waals surface area contributed by atoms with Crippen LogP contribution in [0.15, 0.2) is 29.0 Å². The van der Waals surface area contributed by atoms with Gasteiger partial charge in [-0.05, 0) is 12.1 Å². The number of nitrogens with zero attached hydrogens (tertiary/aromatic N) is 3. The van der Waals surface area contributed by atoms with Crippen LogP contribution >= 0.6 is 0 Å². The van der Waals surface area contributed by atoms with Crippen LogP contribution in [-0.4, -0.2) is 39.9 Å². The monoisotopic (exact) mass is 246 g/mol. The summed E-state index contributed by atoms with van der Waals surface area (Å²) in [5.41, 5.74) is 0.881. The van der Waals surface area contributed by atoms with Crippen LogP contribution in [-0.2, 0) is 0 Å². The lowest BCUT2D eigenvalue weighted by Crippen LogP contribution is -2.15. The summed E-state index contributed by atoms with van der Waals surface area (Å²) in [6.45, 7) is 1.68. The molecule has 1 aliphatic rings. The van der Waals surface area contributed by atoms with E-state index >= 15 is 0 Å². The first-order valence-electron chi connectivity index (χ1n) is 5.94. The molecule has 0 aliphatic carbocycles. The van der Waals surface area contributed by atoms with Gasteiger partial charge >= 0.3 is 0 Å². The van der Waals surface area contributed by atoms with Crippen molar-refractivity contribution in [3.05, 3.63) is 30.4 Å². The van der Waals surface area contributed by atoms with E-state index in [4.69, 9.17) is 4.52 Å². The zero-order chi connectivity index (χ0) is 12.4. The second-order valence-corrected chi connectivity index (χ2v) is 4.40. The third-order valence-electron chi connectivity index (χ3n) is 3.27. The molecule has 0 aromatic carbocycles. The Labute approximate surface area is 104 Å². The first-order valence-corrected chi connectivity index (χ1v) is 5.94. The van der Waals surface area contributed by atoms with Crippen molar-refractivity contribution in [2.75, 3.05) is 19.7 Å². The topological polar surface area (TPSA) is 84.1 Å². The molecule has 0 unspecified atom stereocenters. The van der Waals surface area contributed by atoms with Gasteiger partial charge in [-0.15, -0.1) is 0 Å². The molecule has 0 radical (unpaired) electrons. The second-order valence-electron chi connectivity index (χ2n) is 4.40. The van der Waals surface area contributed by atoms with Gasteiger partial charge in [0.05, 0.1) is 5.92 Å². The Kier molecular flexibility index (Phi) is 3.04. The van der Waals surface area contributed by atoms with Crippen LogP contribution < -0.4 is 5.32 Å². The number of pyridine rings is 1. The highest BCUT2D eigenvalue weighted by Gasteiger charge is 2.32. The summed E-state index contributed by atoms with van der Waals surface area (Å²) >= 11 is 0. The Morgan fingerprint density at radius 1 is 1.33 bits per heavy atom. The Balaban J connectivity index is 1.86. The van der Waals surface area contributed by atoms with Crippen LogP contribution in [0.4, 0.5) is 0 Å². The molecule has 1 fully saturated rings. The van der Waals surface area contributed by atoms with Crippen LogP contribution in [0.2, 0.25) is 0 Å². The molecule has 2 aromatic heterocycles. The van der Waals surface area contributed by atoms with Crippen molar-refractivity contribution >= 4 is 0 Å². The van der Waals surface area contributed by atoms with Crippen molar-refractivity contribution in [1.82, 2.24) is 20.4 Å². The Morgan fingerprint density at radius 2 is 2.17 bits per heavy atom. The molecule has 6 nitrogen and oxygen atoms in total. The lowest BCUT2D eigenvalue weighted by atomic mass is 9.97. The van der Waals surface area contributed by atoms with Crippen molar-refractivity contribution in [3.63, 3.8) is 0 Å². The minimum atomic E-state index is 0.0955. The molecule has 3 heterocycles. The zero-order valence-electron chi connectivity index (χ0n) is 9.78. The maximum Gasteiger partial charge on any atom is 0.231 e. The quantitative estimate of drug-likeness (QED) is 0.817. The fraction of sp³-hybridized carbons (Fsp3) is 0.417. The third-order valence-corrected chi connectivity index (χ3v) is 3.27. The number of rotatable bonds is 3. The summed E-state index contributed by atoms with van der Waals surface area (Å²) in [5, 5.41) is 16.5. The molecule has 2 atom stereocenters. The van der Waals surface area contributed by atoms with Gasteiger partial charge in [-0.1, -0.05) is 5.16 Å². The lowest BCUT2D eigenvalue weighted by molar-refractivity contribution is 0.211. The summed E-state index contributed by atoms with van der Waals surface area (Å²) < 4.78 is 5.30. The van der Waals surface area contributed by atoms with Crippen molar-refractivity contribution in [3.8, 4) is 11.4 Å². The van der Waals surface area contributed by atoms with E-state index in [2.05, 4.69) is 20.4 Å². The summed E-state index contributed by atoms with van der Waals surface area (Å²) in [7, 11) is 0. The number of hydrogen-bond donors (Lipinski definition) is 2. The summed E-state index contributed by atoms with van der Waals surface area (Å²) in [5.74, 6) is 1.40. The highest BCUT2D eigenvalue weighted by atomic mass is 16.5. The number of nitrogens with one attached hydrogen (secondary N) is 1. The third kappa shape index (κ3) is 2.00. The predicted molar refractivity (Wildman–Crippen MR) is 63.7 cm³/mol. The van der Waals surface area contributed by atoms with E-state index in [1.54, 1.807) is 12.4 Å². The van der Waals surface area contributed by atoms with Crippen LogP contribution in [0.25, 0.3) is 11.4 Å². The molecular formula is C12H14N4O2. The van der Waals surface area contributed by atoms with Crippen LogP contribution in [0.3, 0.4) is 0 Å². The largest absolute Gasteiger partial charge is 0.396 e. The van der Waals surface area contributed by atoms with E-state index < -0.39 is 0 Å². The first-order chi connectivity index (χ1) is 8.88. The number of hydrogen-bond acceptors (Lipinski definition) is 6. The van der Waals surface area contributed by atoms with Gasteiger partial charge in [0.15, 0.2) is 0 Å². The van der Waals surface area contributed by atoms with Crippen LogP contribution in [0.1, 0.15) is 11.8 Å². The highest BCUT2D eigenvalue weighted by molar-refractivity contribution is 5.52. The fourth-order valence-electron chi connectivity index (χ4n) is 2.22. The fourth-order valence-corrected chi connectivity index (χ4v) is 2.22. The van der Waals surface area contributed by atoms with Crippen molar-refractivity contribution in [2.24, 2.45) is 5.92 Å². The minimum Gasteiger partial charge on any atom is -0.396 e. The molecule has 0 amide bonds. The van der Waals surface area contributed by atoms with Crippen LogP contribution in [0.5, 0.6) is 0 Å². The molecule has 2 aromatic rings. The molecule has 2 N–H and O–H groups in total. The molecule has 0 spiro atoms. The number of aromatic nitrogens is 3. The molecule has 0 bridgehead atoms. The Bertz CT molecular complexity index is 514. The van der Waals surface area contributed by atoms with E-state index in [1.807, 2.05) is 12.1 Å². The average molecular weight is 246 g/mol. The van der Waals surface area contributed by atoms with E-state index in [9.17, 15) is 5.11 Å². The van der Waals surface area contributed by atoms with Gasteiger partial charge in [0, 0.05) is 43.6 Å². The number of aliphatic hydroxyl groups is 1. The molecule has 6 heteroatoms. The van der Waals surface area contributed by atoms with Crippen molar-refractivity contribution < 1.29 is 9.63 Å². The molecule has 94 valence electrons.